The minimum absolute atomic E-state index is 0.0314. The summed E-state index contributed by atoms with van der Waals surface area (Å²) in [5.74, 6) is -0.616. The highest BCUT2D eigenvalue weighted by Crippen LogP contribution is 2.32. The first-order valence-corrected chi connectivity index (χ1v) is 6.69. The van der Waals surface area contributed by atoms with Gasteiger partial charge in [-0.1, -0.05) is 45.7 Å². The Morgan fingerprint density at radius 3 is 2.22 bits per heavy atom. The maximum atomic E-state index is 12.9. The molecule has 2 rings (SSSR count). The van der Waals surface area contributed by atoms with Crippen LogP contribution in [0.25, 0.3) is 0 Å². The van der Waals surface area contributed by atoms with E-state index in [2.05, 4.69) is 15.9 Å². The fourth-order valence-corrected chi connectivity index (χ4v) is 2.90. The molecule has 2 aromatic carbocycles. The molecule has 0 fully saturated rings. The molecular formula is C14H10BrClF2. The lowest BCUT2D eigenvalue weighted by Gasteiger charge is -2.12. The van der Waals surface area contributed by atoms with Crippen molar-refractivity contribution in [1.82, 2.24) is 0 Å². The Labute approximate surface area is 118 Å². The fourth-order valence-electron chi connectivity index (χ4n) is 1.69. The van der Waals surface area contributed by atoms with Crippen LogP contribution in [0.5, 0.6) is 0 Å². The molecule has 1 unspecified atom stereocenters. The second kappa shape index (κ2) is 5.81. The van der Waals surface area contributed by atoms with Crippen molar-refractivity contribution in [3.05, 3.63) is 70.2 Å². The summed E-state index contributed by atoms with van der Waals surface area (Å²) in [4.78, 5) is -0.0314. The third-order valence-electron chi connectivity index (χ3n) is 2.63. The molecule has 0 saturated heterocycles. The van der Waals surface area contributed by atoms with E-state index in [1.165, 1.54) is 24.3 Å². The predicted molar refractivity (Wildman–Crippen MR) is 73.2 cm³/mol. The summed E-state index contributed by atoms with van der Waals surface area (Å²) in [7, 11) is 0. The molecule has 2 aromatic rings. The summed E-state index contributed by atoms with van der Waals surface area (Å²) >= 11 is 9.50. The van der Waals surface area contributed by atoms with Crippen LogP contribution in [-0.4, -0.2) is 0 Å². The predicted octanol–water partition coefficient (Wildman–Crippen LogP) is 5.30. The van der Waals surface area contributed by atoms with E-state index >= 15 is 0 Å². The molecule has 0 aliphatic rings. The molecule has 0 saturated carbocycles. The quantitative estimate of drug-likeness (QED) is 0.670. The van der Waals surface area contributed by atoms with Crippen molar-refractivity contribution in [3.8, 4) is 0 Å². The van der Waals surface area contributed by atoms with Crippen LogP contribution in [0, 0.1) is 11.6 Å². The molecule has 0 nitrogen and oxygen atoms in total. The molecule has 1 atom stereocenters. The van der Waals surface area contributed by atoms with Crippen molar-refractivity contribution in [2.24, 2.45) is 0 Å². The van der Waals surface area contributed by atoms with Crippen LogP contribution in [0.1, 0.15) is 16.0 Å². The van der Waals surface area contributed by atoms with E-state index in [0.29, 0.717) is 11.4 Å². The minimum Gasteiger partial charge on any atom is -0.207 e. The zero-order valence-electron chi connectivity index (χ0n) is 9.34. The summed E-state index contributed by atoms with van der Waals surface area (Å²) in [6.07, 6.45) is 0.658. The molecule has 0 aliphatic carbocycles. The van der Waals surface area contributed by atoms with Crippen molar-refractivity contribution < 1.29 is 8.78 Å². The number of benzene rings is 2. The van der Waals surface area contributed by atoms with E-state index in [-0.39, 0.29) is 16.5 Å². The monoisotopic (exact) mass is 330 g/mol. The van der Waals surface area contributed by atoms with Crippen molar-refractivity contribution in [1.29, 1.82) is 0 Å². The molecule has 0 N–H and O–H groups in total. The Morgan fingerprint density at radius 2 is 1.61 bits per heavy atom. The molecular weight excluding hydrogens is 322 g/mol. The number of halogens is 4. The van der Waals surface area contributed by atoms with Gasteiger partial charge in [-0.15, -0.1) is 0 Å². The van der Waals surface area contributed by atoms with Crippen LogP contribution < -0.4 is 0 Å². The lowest BCUT2D eigenvalue weighted by Crippen LogP contribution is -1.97. The highest BCUT2D eigenvalue weighted by Gasteiger charge is 2.12. The Bertz CT molecular complexity index is 540. The average molecular weight is 332 g/mol. The number of rotatable bonds is 3. The molecule has 94 valence electrons. The van der Waals surface area contributed by atoms with Crippen LogP contribution in [0.15, 0.2) is 42.5 Å². The second-order valence-electron chi connectivity index (χ2n) is 3.96. The van der Waals surface area contributed by atoms with Crippen molar-refractivity contribution >= 4 is 27.5 Å². The van der Waals surface area contributed by atoms with E-state index in [1.807, 2.05) is 0 Å². The molecule has 0 bridgehead atoms. The van der Waals surface area contributed by atoms with E-state index < -0.39 is 0 Å². The first-order chi connectivity index (χ1) is 8.56. The van der Waals surface area contributed by atoms with Gasteiger partial charge in [0, 0.05) is 9.85 Å². The second-order valence-corrected chi connectivity index (χ2v) is 5.48. The van der Waals surface area contributed by atoms with Gasteiger partial charge in [-0.05, 0) is 41.8 Å². The Morgan fingerprint density at radius 1 is 1.00 bits per heavy atom. The Hall–Kier alpha value is -0.930. The van der Waals surface area contributed by atoms with Crippen LogP contribution in [0.4, 0.5) is 8.78 Å². The number of alkyl halides is 1. The zero-order chi connectivity index (χ0) is 13.1. The fraction of sp³-hybridized carbons (Fsp3) is 0.143. The van der Waals surface area contributed by atoms with Crippen molar-refractivity contribution in [2.45, 2.75) is 11.2 Å². The van der Waals surface area contributed by atoms with Gasteiger partial charge in [-0.3, -0.25) is 0 Å². The Kier molecular flexibility index (Phi) is 4.36. The third-order valence-corrected chi connectivity index (χ3v) is 3.77. The van der Waals surface area contributed by atoms with Crippen LogP contribution in [-0.2, 0) is 6.42 Å². The lowest BCUT2D eigenvalue weighted by molar-refractivity contribution is 0.625. The standard InChI is InChI=1S/C14H10BrClF2/c15-13(7-9-1-3-10(17)4-2-9)12-6-5-11(18)8-14(12)16/h1-6,8,13H,7H2. The zero-order valence-corrected chi connectivity index (χ0v) is 11.7. The van der Waals surface area contributed by atoms with E-state index in [1.54, 1.807) is 18.2 Å². The largest absolute Gasteiger partial charge is 0.207 e. The van der Waals surface area contributed by atoms with Crippen molar-refractivity contribution in [2.75, 3.05) is 0 Å². The summed E-state index contributed by atoms with van der Waals surface area (Å²) in [6, 6.07) is 10.6. The minimum atomic E-state index is -0.356. The van der Waals surface area contributed by atoms with Gasteiger partial charge >= 0.3 is 0 Å². The first kappa shape index (κ1) is 13.5. The molecule has 0 amide bonds. The van der Waals surface area contributed by atoms with Gasteiger partial charge in [0.15, 0.2) is 0 Å². The van der Waals surface area contributed by atoms with Crippen LogP contribution in [0.3, 0.4) is 0 Å². The molecule has 18 heavy (non-hydrogen) atoms. The lowest BCUT2D eigenvalue weighted by atomic mass is 10.0. The highest BCUT2D eigenvalue weighted by atomic mass is 79.9. The summed E-state index contributed by atoms with van der Waals surface area (Å²) in [5, 5.41) is 0.388. The summed E-state index contributed by atoms with van der Waals surface area (Å²) in [6.45, 7) is 0. The Balaban J connectivity index is 2.16. The van der Waals surface area contributed by atoms with Gasteiger partial charge in [-0.25, -0.2) is 8.78 Å². The van der Waals surface area contributed by atoms with Gasteiger partial charge in [0.2, 0.25) is 0 Å². The highest BCUT2D eigenvalue weighted by molar-refractivity contribution is 9.09. The van der Waals surface area contributed by atoms with Crippen LogP contribution >= 0.6 is 27.5 Å². The summed E-state index contributed by atoms with van der Waals surface area (Å²) in [5.41, 5.74) is 1.81. The van der Waals surface area contributed by atoms with E-state index in [4.69, 9.17) is 11.6 Å². The van der Waals surface area contributed by atoms with E-state index in [9.17, 15) is 8.78 Å². The average Bonchev–Trinajstić information content (AvgIpc) is 2.32. The van der Waals surface area contributed by atoms with Gasteiger partial charge in [0.25, 0.3) is 0 Å². The molecule has 0 aliphatic heterocycles. The maximum absolute atomic E-state index is 12.9. The molecule has 4 heteroatoms. The van der Waals surface area contributed by atoms with E-state index in [0.717, 1.165) is 11.1 Å². The molecule has 0 aromatic heterocycles. The topological polar surface area (TPSA) is 0 Å². The van der Waals surface area contributed by atoms with Gasteiger partial charge < -0.3 is 0 Å². The number of hydrogen-bond donors (Lipinski definition) is 0. The third kappa shape index (κ3) is 3.30. The van der Waals surface area contributed by atoms with Gasteiger partial charge in [0.1, 0.15) is 11.6 Å². The first-order valence-electron chi connectivity index (χ1n) is 5.40. The van der Waals surface area contributed by atoms with Gasteiger partial charge in [0.05, 0.1) is 0 Å². The maximum Gasteiger partial charge on any atom is 0.124 e. The molecule has 0 radical (unpaired) electrons. The SMILES string of the molecule is Fc1ccc(CC(Br)c2ccc(F)cc2Cl)cc1. The normalized spacial score (nSPS) is 12.4. The molecule has 0 spiro atoms. The molecule has 0 heterocycles. The smallest absolute Gasteiger partial charge is 0.124 e. The number of hydrogen-bond acceptors (Lipinski definition) is 0. The van der Waals surface area contributed by atoms with Crippen molar-refractivity contribution in [3.63, 3.8) is 0 Å². The van der Waals surface area contributed by atoms with Crippen LogP contribution in [0.2, 0.25) is 5.02 Å². The van der Waals surface area contributed by atoms with Gasteiger partial charge in [-0.2, -0.15) is 0 Å². The summed E-state index contributed by atoms with van der Waals surface area (Å²) < 4.78 is 25.7.